The highest BCUT2D eigenvalue weighted by molar-refractivity contribution is 7.89. The van der Waals surface area contributed by atoms with Crippen molar-refractivity contribution in [3.05, 3.63) is 53.9 Å². The molecule has 3 aromatic rings. The van der Waals surface area contributed by atoms with E-state index in [2.05, 4.69) is 20.3 Å². The van der Waals surface area contributed by atoms with Crippen LogP contribution in [0, 0.1) is 6.92 Å². The van der Waals surface area contributed by atoms with Gasteiger partial charge in [0.15, 0.2) is 0 Å². The molecule has 0 bridgehead atoms. The molecule has 142 valence electrons. The van der Waals surface area contributed by atoms with Crippen LogP contribution in [0.3, 0.4) is 0 Å². The van der Waals surface area contributed by atoms with Crippen molar-refractivity contribution in [3.8, 4) is 5.75 Å². The minimum Gasteiger partial charge on any atom is -0.497 e. The molecule has 8 heteroatoms. The van der Waals surface area contributed by atoms with Crippen molar-refractivity contribution in [1.29, 1.82) is 0 Å². The fourth-order valence-corrected chi connectivity index (χ4v) is 4.39. The second-order valence-electron chi connectivity index (χ2n) is 6.59. The van der Waals surface area contributed by atoms with Crippen LogP contribution in [0.4, 0.5) is 0 Å². The molecule has 0 saturated carbocycles. The minimum absolute atomic E-state index is 0.159. The molecule has 0 fully saturated rings. The van der Waals surface area contributed by atoms with E-state index in [4.69, 9.17) is 9.47 Å². The standard InChI is InChI=1S/C19H21N3O4S/c1-13-3-8-17-18(9-13)22-14(11-26-12-19(22)21-17)10-20-27(23,24)16-6-4-15(25-2)5-7-16/h3-9,14,20H,10-12H2,1-2H3. The molecule has 0 aliphatic carbocycles. The van der Waals surface area contributed by atoms with Gasteiger partial charge in [-0.3, -0.25) is 0 Å². The predicted octanol–water partition coefficient (Wildman–Crippen LogP) is 2.40. The van der Waals surface area contributed by atoms with Crippen LogP contribution in [0.25, 0.3) is 11.0 Å². The largest absolute Gasteiger partial charge is 0.497 e. The van der Waals surface area contributed by atoms with Gasteiger partial charge in [0, 0.05) is 6.54 Å². The number of methoxy groups -OCH3 is 1. The Bertz CT molecular complexity index is 1070. The van der Waals surface area contributed by atoms with Gasteiger partial charge in [0.2, 0.25) is 10.0 Å². The predicted molar refractivity (Wildman–Crippen MR) is 101 cm³/mol. The Balaban J connectivity index is 1.59. The van der Waals surface area contributed by atoms with Gasteiger partial charge < -0.3 is 14.0 Å². The number of benzene rings is 2. The highest BCUT2D eigenvalue weighted by Gasteiger charge is 2.26. The van der Waals surface area contributed by atoms with Gasteiger partial charge >= 0.3 is 0 Å². The van der Waals surface area contributed by atoms with Crippen LogP contribution in [-0.2, 0) is 21.4 Å². The van der Waals surface area contributed by atoms with Crippen molar-refractivity contribution >= 4 is 21.1 Å². The molecule has 1 atom stereocenters. The number of imidazole rings is 1. The first-order valence-electron chi connectivity index (χ1n) is 8.67. The Morgan fingerprint density at radius 1 is 1.26 bits per heavy atom. The lowest BCUT2D eigenvalue weighted by molar-refractivity contribution is 0.0581. The summed E-state index contributed by atoms with van der Waals surface area (Å²) in [6.45, 7) is 3.11. The van der Waals surface area contributed by atoms with Crippen LogP contribution in [0.15, 0.2) is 47.4 Å². The van der Waals surface area contributed by atoms with E-state index in [1.807, 2.05) is 19.1 Å². The molecule has 0 radical (unpaired) electrons. The van der Waals surface area contributed by atoms with E-state index >= 15 is 0 Å². The number of aromatic nitrogens is 2. The fourth-order valence-electron chi connectivity index (χ4n) is 3.32. The molecule has 4 rings (SSSR count). The molecule has 0 saturated heterocycles. The Labute approximate surface area is 158 Å². The summed E-state index contributed by atoms with van der Waals surface area (Å²) in [5.41, 5.74) is 3.03. The van der Waals surface area contributed by atoms with E-state index in [1.54, 1.807) is 19.2 Å². The molecule has 27 heavy (non-hydrogen) atoms. The van der Waals surface area contributed by atoms with E-state index in [-0.39, 0.29) is 17.5 Å². The number of rotatable bonds is 5. The third-order valence-corrected chi connectivity index (χ3v) is 6.14. The van der Waals surface area contributed by atoms with E-state index in [0.717, 1.165) is 22.4 Å². The number of hydrogen-bond donors (Lipinski definition) is 1. The zero-order valence-corrected chi connectivity index (χ0v) is 16.0. The van der Waals surface area contributed by atoms with Crippen LogP contribution < -0.4 is 9.46 Å². The van der Waals surface area contributed by atoms with Crippen molar-refractivity contribution in [2.24, 2.45) is 0 Å². The van der Waals surface area contributed by atoms with Crippen molar-refractivity contribution < 1.29 is 17.9 Å². The summed E-state index contributed by atoms with van der Waals surface area (Å²) in [5.74, 6) is 1.43. The molecule has 2 aromatic carbocycles. The Hall–Kier alpha value is -2.42. The molecule has 0 spiro atoms. The maximum atomic E-state index is 12.6. The zero-order chi connectivity index (χ0) is 19.0. The summed E-state index contributed by atoms with van der Waals surface area (Å²) in [6.07, 6.45) is 0. The highest BCUT2D eigenvalue weighted by atomic mass is 32.2. The van der Waals surface area contributed by atoms with Gasteiger partial charge in [-0.05, 0) is 48.9 Å². The molecular formula is C19H21N3O4S. The van der Waals surface area contributed by atoms with Crippen LogP contribution in [0.2, 0.25) is 0 Å². The van der Waals surface area contributed by atoms with Gasteiger partial charge in [-0.15, -0.1) is 0 Å². The zero-order valence-electron chi connectivity index (χ0n) is 15.2. The van der Waals surface area contributed by atoms with Gasteiger partial charge in [-0.2, -0.15) is 0 Å². The second kappa shape index (κ2) is 6.95. The van der Waals surface area contributed by atoms with Crippen molar-refractivity contribution in [2.45, 2.75) is 24.5 Å². The fraction of sp³-hybridized carbons (Fsp3) is 0.316. The molecule has 1 N–H and O–H groups in total. The summed E-state index contributed by atoms with van der Waals surface area (Å²) < 4.78 is 40.7. The minimum atomic E-state index is -3.63. The summed E-state index contributed by atoms with van der Waals surface area (Å²) in [4.78, 5) is 4.81. The monoisotopic (exact) mass is 387 g/mol. The van der Waals surface area contributed by atoms with Gasteiger partial charge in [0.1, 0.15) is 18.2 Å². The van der Waals surface area contributed by atoms with E-state index in [0.29, 0.717) is 19.0 Å². The van der Waals surface area contributed by atoms with Crippen LogP contribution in [0.1, 0.15) is 17.4 Å². The number of sulfonamides is 1. The quantitative estimate of drug-likeness (QED) is 0.727. The van der Waals surface area contributed by atoms with Gasteiger partial charge in [0.25, 0.3) is 0 Å². The average Bonchev–Trinajstić information content (AvgIpc) is 3.05. The van der Waals surface area contributed by atoms with Crippen LogP contribution >= 0.6 is 0 Å². The number of fused-ring (bicyclic) bond motifs is 3. The molecule has 7 nitrogen and oxygen atoms in total. The SMILES string of the molecule is COc1ccc(S(=O)(=O)NCC2COCc3nc4ccc(C)cc4n32)cc1. The first-order valence-corrected chi connectivity index (χ1v) is 10.2. The molecular weight excluding hydrogens is 366 g/mol. The number of nitrogens with one attached hydrogen (secondary N) is 1. The van der Waals surface area contributed by atoms with Crippen LogP contribution in [-0.4, -0.2) is 38.2 Å². The van der Waals surface area contributed by atoms with Gasteiger partial charge in [-0.25, -0.2) is 18.1 Å². The van der Waals surface area contributed by atoms with Gasteiger partial charge in [-0.1, -0.05) is 6.07 Å². The summed E-state index contributed by atoms with van der Waals surface area (Å²) in [7, 11) is -2.09. The number of hydrogen-bond acceptors (Lipinski definition) is 5. The normalized spacial score (nSPS) is 17.0. The third kappa shape index (κ3) is 3.43. The van der Waals surface area contributed by atoms with Gasteiger partial charge in [0.05, 0.1) is 35.7 Å². The molecule has 2 heterocycles. The first kappa shape index (κ1) is 18.0. The van der Waals surface area contributed by atoms with E-state index in [1.165, 1.54) is 12.1 Å². The Kier molecular flexibility index (Phi) is 4.63. The third-order valence-electron chi connectivity index (χ3n) is 4.70. The van der Waals surface area contributed by atoms with E-state index < -0.39 is 10.0 Å². The molecule has 1 aliphatic rings. The van der Waals surface area contributed by atoms with Crippen molar-refractivity contribution in [1.82, 2.24) is 14.3 Å². The number of nitrogens with zero attached hydrogens (tertiary/aromatic N) is 2. The highest BCUT2D eigenvalue weighted by Crippen LogP contribution is 2.27. The number of aryl methyl sites for hydroxylation is 1. The summed E-state index contributed by atoms with van der Waals surface area (Å²) >= 11 is 0. The number of ether oxygens (including phenoxy) is 2. The molecule has 0 amide bonds. The second-order valence-corrected chi connectivity index (χ2v) is 8.35. The summed E-state index contributed by atoms with van der Waals surface area (Å²) in [6, 6.07) is 12.2. The lowest BCUT2D eigenvalue weighted by Gasteiger charge is -2.26. The topological polar surface area (TPSA) is 82.5 Å². The summed E-state index contributed by atoms with van der Waals surface area (Å²) in [5, 5.41) is 0. The lowest BCUT2D eigenvalue weighted by atomic mass is 10.2. The smallest absolute Gasteiger partial charge is 0.240 e. The molecule has 1 aliphatic heterocycles. The van der Waals surface area contributed by atoms with Crippen molar-refractivity contribution in [3.63, 3.8) is 0 Å². The average molecular weight is 387 g/mol. The Morgan fingerprint density at radius 2 is 2.04 bits per heavy atom. The van der Waals surface area contributed by atoms with Crippen molar-refractivity contribution in [2.75, 3.05) is 20.3 Å². The lowest BCUT2D eigenvalue weighted by Crippen LogP contribution is -2.35. The maximum Gasteiger partial charge on any atom is 0.240 e. The first-order chi connectivity index (χ1) is 13.0. The van der Waals surface area contributed by atoms with E-state index in [9.17, 15) is 8.42 Å². The van der Waals surface area contributed by atoms with Crippen LogP contribution in [0.5, 0.6) is 5.75 Å². The molecule has 1 unspecified atom stereocenters. The Morgan fingerprint density at radius 3 is 2.78 bits per heavy atom. The molecule has 1 aromatic heterocycles. The maximum absolute atomic E-state index is 12.6.